The Morgan fingerprint density at radius 2 is 2.00 bits per heavy atom. The fraction of sp³-hybridized carbons (Fsp3) is 0.0588. The molecule has 0 amide bonds. The third-order valence-electron chi connectivity index (χ3n) is 2.96. The lowest BCUT2D eigenvalue weighted by Gasteiger charge is -1.97. The molecule has 0 radical (unpaired) electrons. The van der Waals surface area contributed by atoms with Crippen molar-refractivity contribution in [2.24, 2.45) is 5.16 Å². The number of halogens is 1. The summed E-state index contributed by atoms with van der Waals surface area (Å²) >= 11 is 1.57. The van der Waals surface area contributed by atoms with Crippen molar-refractivity contribution in [2.45, 2.75) is 6.61 Å². The van der Waals surface area contributed by atoms with Gasteiger partial charge in [0.1, 0.15) is 12.4 Å². The lowest BCUT2D eigenvalue weighted by atomic mass is 10.2. The van der Waals surface area contributed by atoms with Gasteiger partial charge in [0, 0.05) is 27.7 Å². The zero-order valence-electron chi connectivity index (χ0n) is 11.6. The van der Waals surface area contributed by atoms with E-state index in [2.05, 4.69) is 10.1 Å². The smallest absolute Gasteiger partial charge is 0.143 e. The Labute approximate surface area is 131 Å². The van der Waals surface area contributed by atoms with Crippen molar-refractivity contribution in [2.75, 3.05) is 0 Å². The van der Waals surface area contributed by atoms with Gasteiger partial charge < -0.3 is 4.84 Å². The van der Waals surface area contributed by atoms with Gasteiger partial charge >= 0.3 is 0 Å². The van der Waals surface area contributed by atoms with Crippen LogP contribution in [0.3, 0.4) is 0 Å². The second-order valence-electron chi connectivity index (χ2n) is 4.58. The van der Waals surface area contributed by atoms with Crippen LogP contribution < -0.4 is 0 Å². The van der Waals surface area contributed by atoms with E-state index in [4.69, 9.17) is 4.84 Å². The Hall–Kier alpha value is -2.53. The maximum Gasteiger partial charge on any atom is 0.143 e. The van der Waals surface area contributed by atoms with Gasteiger partial charge in [-0.05, 0) is 35.9 Å². The summed E-state index contributed by atoms with van der Waals surface area (Å²) in [5.74, 6) is -0.231. The Bertz CT molecular complexity index is 754. The molecular weight excluding hydrogens is 299 g/mol. The lowest BCUT2D eigenvalue weighted by molar-refractivity contribution is 0.132. The van der Waals surface area contributed by atoms with Crippen LogP contribution in [-0.2, 0) is 11.4 Å². The molecule has 5 heteroatoms. The summed E-state index contributed by atoms with van der Waals surface area (Å²) in [6.45, 7) is 0.389. The van der Waals surface area contributed by atoms with Crippen LogP contribution in [0.2, 0.25) is 0 Å². The predicted molar refractivity (Wildman–Crippen MR) is 86.3 cm³/mol. The molecule has 0 bridgehead atoms. The molecule has 3 rings (SSSR count). The molecule has 0 aliphatic heterocycles. The number of nitrogens with zero attached hydrogens (tertiary/aromatic N) is 2. The van der Waals surface area contributed by atoms with E-state index >= 15 is 0 Å². The third-order valence-corrected chi connectivity index (χ3v) is 4.03. The van der Waals surface area contributed by atoms with Crippen LogP contribution in [0.15, 0.2) is 66.1 Å². The zero-order valence-corrected chi connectivity index (χ0v) is 12.5. The molecule has 1 aromatic carbocycles. The van der Waals surface area contributed by atoms with E-state index in [0.717, 1.165) is 20.9 Å². The van der Waals surface area contributed by atoms with Gasteiger partial charge in [-0.15, -0.1) is 11.3 Å². The standard InChI is InChI=1S/C17H13FN2OS/c18-15-5-3-14(4-6-15)17-8-7-16(22-17)11-20-21-12-13-2-1-9-19-10-13/h1-11H,12H2/b20-11+. The molecule has 0 spiro atoms. The maximum absolute atomic E-state index is 12.9. The third kappa shape index (κ3) is 3.77. The Kier molecular flexibility index (Phi) is 4.56. The van der Waals surface area contributed by atoms with Gasteiger partial charge in [0.15, 0.2) is 0 Å². The highest BCUT2D eigenvalue weighted by molar-refractivity contribution is 7.17. The number of benzene rings is 1. The van der Waals surface area contributed by atoms with Crippen LogP contribution >= 0.6 is 11.3 Å². The van der Waals surface area contributed by atoms with Crippen molar-refractivity contribution < 1.29 is 9.23 Å². The predicted octanol–water partition coefficient (Wildman–Crippen LogP) is 4.50. The molecule has 0 unspecified atom stereocenters. The van der Waals surface area contributed by atoms with Crippen molar-refractivity contribution in [3.8, 4) is 10.4 Å². The molecule has 0 atom stereocenters. The van der Waals surface area contributed by atoms with Crippen molar-refractivity contribution in [3.05, 3.63) is 77.2 Å². The van der Waals surface area contributed by atoms with Gasteiger partial charge in [-0.3, -0.25) is 4.98 Å². The van der Waals surface area contributed by atoms with E-state index in [1.165, 1.54) is 12.1 Å². The molecular formula is C17H13FN2OS. The van der Waals surface area contributed by atoms with Gasteiger partial charge in [-0.2, -0.15) is 0 Å². The number of oxime groups is 1. The largest absolute Gasteiger partial charge is 0.391 e. The lowest BCUT2D eigenvalue weighted by Crippen LogP contribution is -1.87. The summed E-state index contributed by atoms with van der Waals surface area (Å²) < 4.78 is 12.9. The fourth-order valence-electron chi connectivity index (χ4n) is 1.88. The SMILES string of the molecule is Fc1ccc(-c2ccc(/C=N/OCc3cccnc3)s2)cc1. The van der Waals surface area contributed by atoms with E-state index in [9.17, 15) is 4.39 Å². The van der Waals surface area contributed by atoms with E-state index < -0.39 is 0 Å². The maximum atomic E-state index is 12.9. The zero-order chi connectivity index (χ0) is 15.2. The van der Waals surface area contributed by atoms with Crippen LogP contribution in [0, 0.1) is 5.82 Å². The first-order valence-electron chi connectivity index (χ1n) is 6.71. The Morgan fingerprint density at radius 3 is 2.77 bits per heavy atom. The number of pyridine rings is 1. The van der Waals surface area contributed by atoms with Crippen molar-refractivity contribution in [1.29, 1.82) is 0 Å². The summed E-state index contributed by atoms with van der Waals surface area (Å²) in [5, 5.41) is 3.96. The van der Waals surface area contributed by atoms with Crippen molar-refractivity contribution in [1.82, 2.24) is 4.98 Å². The second kappa shape index (κ2) is 6.95. The highest BCUT2D eigenvalue weighted by Crippen LogP contribution is 2.27. The molecule has 0 saturated heterocycles. The molecule has 0 aliphatic rings. The van der Waals surface area contributed by atoms with Gasteiger partial charge in [0.2, 0.25) is 0 Å². The van der Waals surface area contributed by atoms with E-state index in [1.807, 2.05) is 24.3 Å². The van der Waals surface area contributed by atoms with Crippen LogP contribution in [0.5, 0.6) is 0 Å². The van der Waals surface area contributed by atoms with Gasteiger partial charge in [-0.1, -0.05) is 23.4 Å². The number of thiophene rings is 1. The first kappa shape index (κ1) is 14.4. The van der Waals surface area contributed by atoms with Gasteiger partial charge in [0.25, 0.3) is 0 Å². The van der Waals surface area contributed by atoms with E-state index in [-0.39, 0.29) is 5.82 Å². The van der Waals surface area contributed by atoms with E-state index in [1.54, 1.807) is 42.1 Å². The molecule has 22 heavy (non-hydrogen) atoms. The molecule has 0 fully saturated rings. The van der Waals surface area contributed by atoms with Gasteiger partial charge in [0.05, 0.1) is 6.21 Å². The minimum atomic E-state index is -0.231. The van der Waals surface area contributed by atoms with Crippen molar-refractivity contribution >= 4 is 17.6 Å². The minimum absolute atomic E-state index is 0.231. The highest BCUT2D eigenvalue weighted by atomic mass is 32.1. The molecule has 0 saturated carbocycles. The number of rotatable bonds is 5. The summed E-state index contributed by atoms with van der Waals surface area (Å²) in [6, 6.07) is 14.2. The summed E-state index contributed by atoms with van der Waals surface area (Å²) in [5.41, 5.74) is 1.96. The molecule has 3 aromatic rings. The topological polar surface area (TPSA) is 34.5 Å². The summed E-state index contributed by atoms with van der Waals surface area (Å²) in [4.78, 5) is 11.3. The van der Waals surface area contributed by atoms with E-state index in [0.29, 0.717) is 6.61 Å². The highest BCUT2D eigenvalue weighted by Gasteiger charge is 2.02. The average Bonchev–Trinajstić information content (AvgIpc) is 3.02. The van der Waals surface area contributed by atoms with Gasteiger partial charge in [-0.25, -0.2) is 4.39 Å². The Balaban J connectivity index is 1.59. The van der Waals surface area contributed by atoms with Crippen LogP contribution in [0.4, 0.5) is 4.39 Å². The second-order valence-corrected chi connectivity index (χ2v) is 5.69. The molecule has 2 aromatic heterocycles. The van der Waals surface area contributed by atoms with Crippen molar-refractivity contribution in [3.63, 3.8) is 0 Å². The molecule has 3 nitrogen and oxygen atoms in total. The normalized spacial score (nSPS) is 11.0. The molecule has 2 heterocycles. The molecule has 110 valence electrons. The molecule has 0 aliphatic carbocycles. The monoisotopic (exact) mass is 312 g/mol. The average molecular weight is 312 g/mol. The summed E-state index contributed by atoms with van der Waals surface area (Å²) in [7, 11) is 0. The Morgan fingerprint density at radius 1 is 1.14 bits per heavy atom. The number of hydrogen-bond acceptors (Lipinski definition) is 4. The molecule has 0 N–H and O–H groups in total. The summed E-state index contributed by atoms with van der Waals surface area (Å²) in [6.07, 6.45) is 5.14. The minimum Gasteiger partial charge on any atom is -0.391 e. The number of hydrogen-bond donors (Lipinski definition) is 0. The number of aromatic nitrogens is 1. The van der Waals surface area contributed by atoms with Crippen LogP contribution in [0.25, 0.3) is 10.4 Å². The van der Waals surface area contributed by atoms with Crippen LogP contribution in [-0.4, -0.2) is 11.2 Å². The quantitative estimate of drug-likeness (QED) is 0.513. The first-order valence-corrected chi connectivity index (χ1v) is 7.53. The fourth-order valence-corrected chi connectivity index (χ4v) is 2.75. The van der Waals surface area contributed by atoms with Crippen LogP contribution in [0.1, 0.15) is 10.4 Å². The first-order chi connectivity index (χ1) is 10.8.